The van der Waals surface area contributed by atoms with Gasteiger partial charge in [-0.1, -0.05) is 36.4 Å². The van der Waals surface area contributed by atoms with Gasteiger partial charge in [0.05, 0.1) is 18.4 Å². The lowest BCUT2D eigenvalue weighted by atomic mass is 9.97. The molecule has 0 aromatic heterocycles. The standard InChI is InChI=1S/C16H18N2O2/c1-18(2)16(19)14-12(11-7-5-4-6-8-11)9-10-13(17)15(14)20-3/h4-10H,17H2,1-3H3. The molecule has 1 amide bonds. The highest BCUT2D eigenvalue weighted by Crippen LogP contribution is 2.35. The summed E-state index contributed by atoms with van der Waals surface area (Å²) >= 11 is 0. The van der Waals surface area contributed by atoms with Gasteiger partial charge < -0.3 is 15.4 Å². The van der Waals surface area contributed by atoms with Crippen LogP contribution in [0.3, 0.4) is 0 Å². The lowest BCUT2D eigenvalue weighted by molar-refractivity contribution is 0.0825. The summed E-state index contributed by atoms with van der Waals surface area (Å²) < 4.78 is 5.34. The molecule has 0 spiro atoms. The number of hydrogen-bond acceptors (Lipinski definition) is 3. The fourth-order valence-corrected chi connectivity index (χ4v) is 2.11. The van der Waals surface area contributed by atoms with E-state index in [1.54, 1.807) is 20.2 Å². The van der Waals surface area contributed by atoms with E-state index in [0.29, 0.717) is 17.0 Å². The molecule has 0 aliphatic heterocycles. The number of benzene rings is 2. The van der Waals surface area contributed by atoms with Gasteiger partial charge in [0.1, 0.15) is 0 Å². The topological polar surface area (TPSA) is 55.6 Å². The number of hydrogen-bond donors (Lipinski definition) is 1. The number of nitrogen functional groups attached to an aromatic ring is 1. The average molecular weight is 270 g/mol. The Morgan fingerprint density at radius 1 is 1.10 bits per heavy atom. The maximum Gasteiger partial charge on any atom is 0.257 e. The van der Waals surface area contributed by atoms with Gasteiger partial charge in [-0.25, -0.2) is 0 Å². The van der Waals surface area contributed by atoms with Crippen molar-refractivity contribution < 1.29 is 9.53 Å². The number of methoxy groups -OCH3 is 1. The molecule has 4 nitrogen and oxygen atoms in total. The number of nitrogens with zero attached hydrogens (tertiary/aromatic N) is 1. The van der Waals surface area contributed by atoms with Crippen LogP contribution in [-0.2, 0) is 0 Å². The molecule has 0 saturated heterocycles. The van der Waals surface area contributed by atoms with Gasteiger partial charge in [-0.3, -0.25) is 4.79 Å². The predicted octanol–water partition coefficient (Wildman–Crippen LogP) is 2.65. The second-order valence-electron chi connectivity index (χ2n) is 4.68. The molecule has 2 rings (SSSR count). The van der Waals surface area contributed by atoms with Crippen molar-refractivity contribution in [1.29, 1.82) is 0 Å². The Morgan fingerprint density at radius 2 is 1.75 bits per heavy atom. The van der Waals surface area contributed by atoms with Crippen molar-refractivity contribution in [2.24, 2.45) is 0 Å². The summed E-state index contributed by atoms with van der Waals surface area (Å²) in [5, 5.41) is 0. The van der Waals surface area contributed by atoms with Gasteiger partial charge in [0.2, 0.25) is 0 Å². The Morgan fingerprint density at radius 3 is 2.30 bits per heavy atom. The van der Waals surface area contributed by atoms with Crippen LogP contribution >= 0.6 is 0 Å². The summed E-state index contributed by atoms with van der Waals surface area (Å²) in [6.45, 7) is 0. The maximum absolute atomic E-state index is 12.5. The zero-order valence-electron chi connectivity index (χ0n) is 11.9. The normalized spacial score (nSPS) is 10.2. The van der Waals surface area contributed by atoms with E-state index in [-0.39, 0.29) is 5.91 Å². The van der Waals surface area contributed by atoms with Crippen molar-refractivity contribution in [3.05, 3.63) is 48.0 Å². The first-order valence-corrected chi connectivity index (χ1v) is 6.29. The minimum Gasteiger partial charge on any atom is -0.494 e. The van der Waals surface area contributed by atoms with E-state index in [0.717, 1.165) is 11.1 Å². The SMILES string of the molecule is COc1c(N)ccc(-c2ccccc2)c1C(=O)N(C)C. The second-order valence-corrected chi connectivity index (χ2v) is 4.68. The number of amides is 1. The van der Waals surface area contributed by atoms with Crippen molar-refractivity contribution in [3.8, 4) is 16.9 Å². The number of rotatable bonds is 3. The molecule has 0 aliphatic rings. The van der Waals surface area contributed by atoms with Crippen molar-refractivity contribution in [1.82, 2.24) is 4.90 Å². The highest BCUT2D eigenvalue weighted by atomic mass is 16.5. The third kappa shape index (κ3) is 2.45. The molecule has 0 atom stereocenters. The molecule has 0 bridgehead atoms. The molecule has 4 heteroatoms. The van der Waals surface area contributed by atoms with E-state index in [1.807, 2.05) is 36.4 Å². The molecule has 20 heavy (non-hydrogen) atoms. The molecule has 0 heterocycles. The molecule has 2 N–H and O–H groups in total. The Bertz CT molecular complexity index is 622. The number of nitrogens with two attached hydrogens (primary N) is 1. The smallest absolute Gasteiger partial charge is 0.257 e. The van der Waals surface area contributed by atoms with Crippen LogP contribution in [0.25, 0.3) is 11.1 Å². The van der Waals surface area contributed by atoms with Gasteiger partial charge in [-0.15, -0.1) is 0 Å². The third-order valence-corrected chi connectivity index (χ3v) is 3.10. The van der Waals surface area contributed by atoms with Crippen LogP contribution in [0.1, 0.15) is 10.4 Å². The molecular formula is C16H18N2O2. The Hall–Kier alpha value is -2.49. The predicted molar refractivity (Wildman–Crippen MR) is 80.9 cm³/mol. The average Bonchev–Trinajstić information content (AvgIpc) is 2.46. The Labute approximate surface area is 118 Å². The summed E-state index contributed by atoms with van der Waals surface area (Å²) in [6.07, 6.45) is 0. The number of carbonyl (C=O) groups excluding carboxylic acids is 1. The van der Waals surface area contributed by atoms with Crippen LogP contribution in [0.5, 0.6) is 5.75 Å². The largest absolute Gasteiger partial charge is 0.494 e. The summed E-state index contributed by atoms with van der Waals surface area (Å²) in [6, 6.07) is 13.3. The van der Waals surface area contributed by atoms with E-state index in [4.69, 9.17) is 10.5 Å². The molecule has 0 fully saturated rings. The van der Waals surface area contributed by atoms with Crippen LogP contribution in [0.2, 0.25) is 0 Å². The Balaban J connectivity index is 2.72. The molecule has 0 saturated carbocycles. The zero-order valence-corrected chi connectivity index (χ0v) is 11.9. The number of carbonyl (C=O) groups is 1. The summed E-state index contributed by atoms with van der Waals surface area (Å²) in [4.78, 5) is 14.0. The minimum atomic E-state index is -0.131. The number of ether oxygens (including phenoxy) is 1. The maximum atomic E-state index is 12.5. The quantitative estimate of drug-likeness (QED) is 0.872. The summed E-state index contributed by atoms with van der Waals surface area (Å²) in [5.41, 5.74) is 8.64. The van der Waals surface area contributed by atoms with E-state index in [9.17, 15) is 4.79 Å². The summed E-state index contributed by atoms with van der Waals surface area (Å²) in [5.74, 6) is 0.290. The van der Waals surface area contributed by atoms with Gasteiger partial charge in [-0.05, 0) is 17.2 Å². The van der Waals surface area contributed by atoms with Crippen molar-refractivity contribution in [3.63, 3.8) is 0 Å². The van der Waals surface area contributed by atoms with Gasteiger partial charge in [0.15, 0.2) is 5.75 Å². The molecule has 0 aliphatic carbocycles. The molecular weight excluding hydrogens is 252 g/mol. The van der Waals surface area contributed by atoms with E-state index >= 15 is 0 Å². The van der Waals surface area contributed by atoms with E-state index in [1.165, 1.54) is 12.0 Å². The van der Waals surface area contributed by atoms with Crippen molar-refractivity contribution >= 4 is 11.6 Å². The second kappa shape index (κ2) is 5.65. The van der Waals surface area contributed by atoms with Crippen LogP contribution in [-0.4, -0.2) is 32.0 Å². The van der Waals surface area contributed by atoms with Crippen molar-refractivity contribution in [2.75, 3.05) is 26.9 Å². The van der Waals surface area contributed by atoms with Crippen LogP contribution < -0.4 is 10.5 Å². The zero-order chi connectivity index (χ0) is 14.7. The highest BCUT2D eigenvalue weighted by Gasteiger charge is 2.21. The van der Waals surface area contributed by atoms with Gasteiger partial charge in [0, 0.05) is 14.1 Å². The van der Waals surface area contributed by atoms with Crippen LogP contribution in [0, 0.1) is 0 Å². The molecule has 0 unspecified atom stereocenters. The Kier molecular flexibility index (Phi) is 3.94. The van der Waals surface area contributed by atoms with Gasteiger partial charge >= 0.3 is 0 Å². The lowest BCUT2D eigenvalue weighted by Gasteiger charge is -2.18. The molecule has 0 radical (unpaired) electrons. The lowest BCUT2D eigenvalue weighted by Crippen LogP contribution is -2.23. The van der Waals surface area contributed by atoms with Crippen LogP contribution in [0.4, 0.5) is 5.69 Å². The fraction of sp³-hybridized carbons (Fsp3) is 0.188. The highest BCUT2D eigenvalue weighted by molar-refractivity contribution is 6.04. The van der Waals surface area contributed by atoms with E-state index in [2.05, 4.69) is 0 Å². The van der Waals surface area contributed by atoms with Crippen LogP contribution in [0.15, 0.2) is 42.5 Å². The monoisotopic (exact) mass is 270 g/mol. The molecule has 2 aromatic rings. The molecule has 104 valence electrons. The molecule has 2 aromatic carbocycles. The summed E-state index contributed by atoms with van der Waals surface area (Å²) in [7, 11) is 4.94. The van der Waals surface area contributed by atoms with Gasteiger partial charge in [-0.2, -0.15) is 0 Å². The third-order valence-electron chi connectivity index (χ3n) is 3.10. The fourth-order valence-electron chi connectivity index (χ4n) is 2.11. The first-order valence-electron chi connectivity index (χ1n) is 6.29. The first kappa shape index (κ1) is 13.9. The number of anilines is 1. The van der Waals surface area contributed by atoms with Gasteiger partial charge in [0.25, 0.3) is 5.91 Å². The first-order chi connectivity index (χ1) is 9.56. The van der Waals surface area contributed by atoms with E-state index < -0.39 is 0 Å². The van der Waals surface area contributed by atoms with Crippen molar-refractivity contribution in [2.45, 2.75) is 0 Å². The minimum absolute atomic E-state index is 0.131.